The van der Waals surface area contributed by atoms with Crippen LogP contribution < -0.4 is 5.32 Å². The molecule has 1 aromatic carbocycles. The SMILES string of the molecule is CCC(C)NCC1(c2ccccc2F)CC1. The number of halogens is 1. The molecule has 0 spiro atoms. The minimum absolute atomic E-state index is 0.0500. The Balaban J connectivity index is 2.06. The van der Waals surface area contributed by atoms with Crippen molar-refractivity contribution in [3.8, 4) is 0 Å². The fourth-order valence-corrected chi connectivity index (χ4v) is 2.10. The summed E-state index contributed by atoms with van der Waals surface area (Å²) in [6.07, 6.45) is 3.34. The molecule has 1 aromatic rings. The van der Waals surface area contributed by atoms with Crippen LogP contribution in [0.4, 0.5) is 4.39 Å². The molecule has 0 amide bonds. The van der Waals surface area contributed by atoms with Crippen LogP contribution in [0.3, 0.4) is 0 Å². The fraction of sp³-hybridized carbons (Fsp3) is 0.571. The topological polar surface area (TPSA) is 12.0 Å². The lowest BCUT2D eigenvalue weighted by Gasteiger charge is -2.20. The van der Waals surface area contributed by atoms with Gasteiger partial charge in [0.2, 0.25) is 0 Å². The summed E-state index contributed by atoms with van der Waals surface area (Å²) in [5, 5.41) is 3.49. The number of nitrogens with one attached hydrogen (secondary N) is 1. The number of hydrogen-bond acceptors (Lipinski definition) is 1. The average molecular weight is 221 g/mol. The van der Waals surface area contributed by atoms with Crippen molar-refractivity contribution in [1.82, 2.24) is 5.32 Å². The first-order valence-electron chi connectivity index (χ1n) is 6.16. The van der Waals surface area contributed by atoms with E-state index in [1.54, 1.807) is 12.1 Å². The van der Waals surface area contributed by atoms with Crippen molar-refractivity contribution in [3.05, 3.63) is 35.6 Å². The standard InChI is InChI=1S/C14H20FN/c1-3-11(2)16-10-14(8-9-14)12-6-4-5-7-13(12)15/h4-7,11,16H,3,8-10H2,1-2H3. The Bertz CT molecular complexity index is 358. The van der Waals surface area contributed by atoms with Crippen LogP contribution in [-0.4, -0.2) is 12.6 Å². The average Bonchev–Trinajstić information content (AvgIpc) is 3.07. The predicted octanol–water partition coefficient (Wildman–Crippen LogP) is 3.25. The van der Waals surface area contributed by atoms with Gasteiger partial charge in [-0.25, -0.2) is 4.39 Å². The van der Waals surface area contributed by atoms with E-state index in [0.29, 0.717) is 6.04 Å². The third-order valence-corrected chi connectivity index (χ3v) is 3.70. The predicted molar refractivity (Wildman–Crippen MR) is 65.1 cm³/mol. The molecule has 0 aliphatic heterocycles. The highest BCUT2D eigenvalue weighted by Crippen LogP contribution is 2.48. The van der Waals surface area contributed by atoms with E-state index in [4.69, 9.17) is 0 Å². The highest BCUT2D eigenvalue weighted by molar-refractivity contribution is 5.33. The second-order valence-electron chi connectivity index (χ2n) is 4.95. The second-order valence-corrected chi connectivity index (χ2v) is 4.95. The highest BCUT2D eigenvalue weighted by atomic mass is 19.1. The Labute approximate surface area is 97.1 Å². The Morgan fingerprint density at radius 1 is 1.38 bits per heavy atom. The van der Waals surface area contributed by atoms with Gasteiger partial charge in [-0.05, 0) is 37.8 Å². The van der Waals surface area contributed by atoms with Crippen LogP contribution in [0.15, 0.2) is 24.3 Å². The zero-order chi connectivity index (χ0) is 11.6. The van der Waals surface area contributed by atoms with Crippen molar-refractivity contribution in [2.75, 3.05) is 6.54 Å². The minimum Gasteiger partial charge on any atom is -0.313 e. The summed E-state index contributed by atoms with van der Waals surface area (Å²) in [6, 6.07) is 7.71. The molecule has 1 N–H and O–H groups in total. The van der Waals surface area contributed by atoms with Gasteiger partial charge in [-0.15, -0.1) is 0 Å². The maximum absolute atomic E-state index is 13.7. The van der Waals surface area contributed by atoms with Gasteiger partial charge in [-0.2, -0.15) is 0 Å². The van der Waals surface area contributed by atoms with Gasteiger partial charge >= 0.3 is 0 Å². The van der Waals surface area contributed by atoms with Crippen molar-refractivity contribution >= 4 is 0 Å². The lowest BCUT2D eigenvalue weighted by molar-refractivity contribution is 0.473. The van der Waals surface area contributed by atoms with Gasteiger partial charge in [-0.1, -0.05) is 25.1 Å². The summed E-state index contributed by atoms with van der Waals surface area (Å²) >= 11 is 0. The van der Waals surface area contributed by atoms with Crippen LogP contribution in [0.1, 0.15) is 38.7 Å². The van der Waals surface area contributed by atoms with Gasteiger partial charge < -0.3 is 5.32 Å². The molecule has 1 atom stereocenters. The minimum atomic E-state index is -0.0500. The van der Waals surface area contributed by atoms with E-state index >= 15 is 0 Å². The van der Waals surface area contributed by atoms with Gasteiger partial charge in [0.15, 0.2) is 0 Å². The molecule has 0 radical (unpaired) electrons. The molecule has 1 unspecified atom stereocenters. The maximum atomic E-state index is 13.7. The van der Waals surface area contributed by atoms with E-state index in [2.05, 4.69) is 19.2 Å². The molecular formula is C14H20FN. The first kappa shape index (κ1) is 11.6. The lowest BCUT2D eigenvalue weighted by Crippen LogP contribution is -2.33. The zero-order valence-electron chi connectivity index (χ0n) is 10.1. The van der Waals surface area contributed by atoms with Gasteiger partial charge in [0.25, 0.3) is 0 Å². The van der Waals surface area contributed by atoms with Crippen LogP contribution >= 0.6 is 0 Å². The molecule has 1 saturated carbocycles. The second kappa shape index (κ2) is 4.54. The quantitative estimate of drug-likeness (QED) is 0.805. The molecule has 0 bridgehead atoms. The third-order valence-electron chi connectivity index (χ3n) is 3.70. The summed E-state index contributed by atoms with van der Waals surface area (Å²) in [5.74, 6) is -0.0500. The molecule has 88 valence electrons. The van der Waals surface area contributed by atoms with Crippen LogP contribution in [0, 0.1) is 5.82 Å². The van der Waals surface area contributed by atoms with E-state index in [0.717, 1.165) is 31.4 Å². The van der Waals surface area contributed by atoms with Crippen molar-refractivity contribution in [2.24, 2.45) is 0 Å². The summed E-state index contributed by atoms with van der Waals surface area (Å²) in [7, 11) is 0. The van der Waals surface area contributed by atoms with Gasteiger partial charge in [0.1, 0.15) is 5.82 Å². The monoisotopic (exact) mass is 221 g/mol. The summed E-state index contributed by atoms with van der Waals surface area (Å²) in [4.78, 5) is 0. The van der Waals surface area contributed by atoms with Gasteiger partial charge in [0, 0.05) is 18.0 Å². The summed E-state index contributed by atoms with van der Waals surface area (Å²) in [5.41, 5.74) is 0.972. The first-order chi connectivity index (χ1) is 7.68. The van der Waals surface area contributed by atoms with Crippen molar-refractivity contribution in [3.63, 3.8) is 0 Å². The smallest absolute Gasteiger partial charge is 0.127 e. The first-order valence-corrected chi connectivity index (χ1v) is 6.16. The summed E-state index contributed by atoms with van der Waals surface area (Å²) in [6.45, 7) is 5.25. The van der Waals surface area contributed by atoms with E-state index < -0.39 is 0 Å². The molecule has 0 saturated heterocycles. The number of benzene rings is 1. The Hall–Kier alpha value is -0.890. The van der Waals surface area contributed by atoms with E-state index in [1.165, 1.54) is 0 Å². The Morgan fingerprint density at radius 3 is 2.62 bits per heavy atom. The zero-order valence-corrected chi connectivity index (χ0v) is 10.1. The van der Waals surface area contributed by atoms with Crippen LogP contribution in [-0.2, 0) is 5.41 Å². The Kier molecular flexibility index (Phi) is 3.29. The molecule has 16 heavy (non-hydrogen) atoms. The lowest BCUT2D eigenvalue weighted by atomic mass is 9.95. The van der Waals surface area contributed by atoms with E-state index in [1.807, 2.05) is 12.1 Å². The molecule has 1 aliphatic carbocycles. The van der Waals surface area contributed by atoms with Gasteiger partial charge in [0.05, 0.1) is 0 Å². The molecule has 1 aliphatic rings. The van der Waals surface area contributed by atoms with E-state index in [9.17, 15) is 4.39 Å². The molecular weight excluding hydrogens is 201 g/mol. The third kappa shape index (κ3) is 2.27. The van der Waals surface area contributed by atoms with Crippen LogP contribution in [0.5, 0.6) is 0 Å². The van der Waals surface area contributed by atoms with Crippen molar-refractivity contribution in [1.29, 1.82) is 0 Å². The molecule has 2 rings (SSSR count). The van der Waals surface area contributed by atoms with Crippen LogP contribution in [0.25, 0.3) is 0 Å². The van der Waals surface area contributed by atoms with Gasteiger partial charge in [-0.3, -0.25) is 0 Å². The van der Waals surface area contributed by atoms with Crippen molar-refractivity contribution < 1.29 is 4.39 Å². The molecule has 0 aromatic heterocycles. The number of hydrogen-bond donors (Lipinski definition) is 1. The normalized spacial score (nSPS) is 19.4. The molecule has 2 heteroatoms. The van der Waals surface area contributed by atoms with E-state index in [-0.39, 0.29) is 11.2 Å². The van der Waals surface area contributed by atoms with Crippen LogP contribution in [0.2, 0.25) is 0 Å². The molecule has 1 fully saturated rings. The highest BCUT2D eigenvalue weighted by Gasteiger charge is 2.45. The maximum Gasteiger partial charge on any atom is 0.127 e. The fourth-order valence-electron chi connectivity index (χ4n) is 2.10. The molecule has 0 heterocycles. The number of rotatable bonds is 5. The Morgan fingerprint density at radius 2 is 2.06 bits per heavy atom. The molecule has 1 nitrogen and oxygen atoms in total. The summed E-state index contributed by atoms with van der Waals surface area (Å²) < 4.78 is 13.7. The largest absolute Gasteiger partial charge is 0.313 e. The van der Waals surface area contributed by atoms with Crippen molar-refractivity contribution in [2.45, 2.75) is 44.6 Å².